The highest BCUT2D eigenvalue weighted by Gasteiger charge is 2.26. The maximum Gasteiger partial charge on any atom is 0.389 e. The Kier molecular flexibility index (Phi) is 9.12. The van der Waals surface area contributed by atoms with Gasteiger partial charge in [0.1, 0.15) is 5.75 Å². The number of rotatable bonds is 11. The Balaban J connectivity index is 2.46. The largest absolute Gasteiger partial charge is 0.494 e. The molecule has 0 aliphatic rings. The van der Waals surface area contributed by atoms with Crippen LogP contribution >= 0.6 is 0 Å². The molecule has 1 unspecified atom stereocenters. The van der Waals surface area contributed by atoms with E-state index in [1.165, 1.54) is 37.7 Å². The van der Waals surface area contributed by atoms with E-state index in [-0.39, 0.29) is 13.0 Å². The topological polar surface area (TPSA) is 9.23 Å². The SMILES string of the molecule is CCCCCC(CCC)c1ccc(OCCCC(F)(F)F)cc1. The van der Waals surface area contributed by atoms with Crippen molar-refractivity contribution in [3.63, 3.8) is 0 Å². The average Bonchev–Trinajstić information content (AvgIpc) is 2.51. The van der Waals surface area contributed by atoms with Crippen molar-refractivity contribution < 1.29 is 17.9 Å². The first-order valence-corrected chi connectivity index (χ1v) is 8.75. The Labute approximate surface area is 138 Å². The number of alkyl halides is 3. The van der Waals surface area contributed by atoms with E-state index in [0.717, 1.165) is 6.42 Å². The third kappa shape index (κ3) is 8.87. The van der Waals surface area contributed by atoms with Crippen molar-refractivity contribution in [2.24, 2.45) is 0 Å². The lowest BCUT2D eigenvalue weighted by molar-refractivity contribution is -0.136. The molecule has 1 nitrogen and oxygen atoms in total. The number of halogens is 3. The van der Waals surface area contributed by atoms with Crippen LogP contribution < -0.4 is 4.74 Å². The van der Waals surface area contributed by atoms with Crippen molar-refractivity contribution in [3.8, 4) is 5.75 Å². The molecule has 0 bridgehead atoms. The lowest BCUT2D eigenvalue weighted by Crippen LogP contribution is -2.09. The molecule has 0 aromatic heterocycles. The normalized spacial score (nSPS) is 13.1. The molecule has 1 aromatic carbocycles. The molecular formula is C19H29F3O. The van der Waals surface area contributed by atoms with Gasteiger partial charge in [-0.1, -0.05) is 51.7 Å². The third-order valence-corrected chi connectivity index (χ3v) is 4.02. The second-order valence-corrected chi connectivity index (χ2v) is 6.12. The van der Waals surface area contributed by atoms with Crippen molar-refractivity contribution in [1.29, 1.82) is 0 Å². The van der Waals surface area contributed by atoms with Gasteiger partial charge in [-0.05, 0) is 42.9 Å². The lowest BCUT2D eigenvalue weighted by Gasteiger charge is -2.17. The molecule has 0 spiro atoms. The quantitative estimate of drug-likeness (QED) is 0.402. The smallest absolute Gasteiger partial charge is 0.389 e. The number of hydrogen-bond donors (Lipinski definition) is 0. The Hall–Kier alpha value is -1.19. The maximum absolute atomic E-state index is 12.1. The van der Waals surface area contributed by atoms with Gasteiger partial charge in [0.05, 0.1) is 6.61 Å². The Morgan fingerprint density at radius 2 is 1.61 bits per heavy atom. The zero-order valence-electron chi connectivity index (χ0n) is 14.3. The molecule has 0 fully saturated rings. The van der Waals surface area contributed by atoms with Gasteiger partial charge in [0.2, 0.25) is 0 Å². The molecule has 1 rings (SSSR count). The van der Waals surface area contributed by atoms with Gasteiger partial charge in [0.25, 0.3) is 0 Å². The summed E-state index contributed by atoms with van der Waals surface area (Å²) in [6.07, 6.45) is 2.39. The monoisotopic (exact) mass is 330 g/mol. The zero-order chi connectivity index (χ0) is 17.1. The third-order valence-electron chi connectivity index (χ3n) is 4.02. The molecule has 132 valence electrons. The summed E-state index contributed by atoms with van der Waals surface area (Å²) in [5.74, 6) is 1.23. The number of ether oxygens (including phenoxy) is 1. The standard InChI is InChI=1S/C19H29F3O/c1-3-5-6-9-16(8-4-2)17-10-12-18(13-11-17)23-15-7-14-19(20,21)22/h10-13,16H,3-9,14-15H2,1-2H3. The molecule has 0 saturated heterocycles. The molecule has 1 atom stereocenters. The summed E-state index contributed by atoms with van der Waals surface area (Å²) in [6, 6.07) is 7.88. The van der Waals surface area contributed by atoms with Gasteiger partial charge in [-0.25, -0.2) is 0 Å². The van der Waals surface area contributed by atoms with Crippen molar-refractivity contribution in [2.45, 2.75) is 77.3 Å². The maximum atomic E-state index is 12.1. The van der Waals surface area contributed by atoms with Crippen molar-refractivity contribution in [3.05, 3.63) is 29.8 Å². The van der Waals surface area contributed by atoms with E-state index in [9.17, 15) is 13.2 Å². The number of unbranched alkanes of at least 4 members (excludes halogenated alkanes) is 2. The summed E-state index contributed by atoms with van der Waals surface area (Å²) in [4.78, 5) is 0. The van der Waals surface area contributed by atoms with Gasteiger partial charge in [0.15, 0.2) is 0 Å². The lowest BCUT2D eigenvalue weighted by atomic mass is 9.89. The molecule has 0 amide bonds. The van der Waals surface area contributed by atoms with Crippen LogP contribution in [-0.4, -0.2) is 12.8 Å². The first-order chi connectivity index (χ1) is 11.0. The fraction of sp³-hybridized carbons (Fsp3) is 0.684. The summed E-state index contributed by atoms with van der Waals surface area (Å²) < 4.78 is 41.6. The first kappa shape index (κ1) is 19.9. The zero-order valence-corrected chi connectivity index (χ0v) is 14.3. The second-order valence-electron chi connectivity index (χ2n) is 6.12. The van der Waals surface area contributed by atoms with Crippen molar-refractivity contribution in [2.75, 3.05) is 6.61 Å². The average molecular weight is 330 g/mol. The molecule has 1 aromatic rings. The summed E-state index contributed by atoms with van der Waals surface area (Å²) in [6.45, 7) is 4.51. The van der Waals surface area contributed by atoms with Crippen LogP contribution in [0.4, 0.5) is 13.2 Å². The van der Waals surface area contributed by atoms with E-state index in [1.807, 2.05) is 12.1 Å². The van der Waals surface area contributed by atoms with Crippen LogP contribution in [0.3, 0.4) is 0 Å². The van der Waals surface area contributed by atoms with Crippen LogP contribution in [0.2, 0.25) is 0 Å². The second kappa shape index (κ2) is 10.6. The van der Waals surface area contributed by atoms with Crippen LogP contribution in [0.5, 0.6) is 5.75 Å². The highest BCUT2D eigenvalue weighted by atomic mass is 19.4. The number of benzene rings is 1. The van der Waals surface area contributed by atoms with Gasteiger partial charge in [-0.2, -0.15) is 13.2 Å². The van der Waals surface area contributed by atoms with E-state index in [1.54, 1.807) is 0 Å². The van der Waals surface area contributed by atoms with E-state index in [4.69, 9.17) is 4.74 Å². The van der Waals surface area contributed by atoms with Crippen LogP contribution in [0.1, 0.15) is 76.7 Å². The molecule has 0 saturated carbocycles. The van der Waals surface area contributed by atoms with Gasteiger partial charge in [0, 0.05) is 6.42 Å². The molecule has 0 heterocycles. The van der Waals surface area contributed by atoms with Gasteiger partial charge in [-0.3, -0.25) is 0 Å². The highest BCUT2D eigenvalue weighted by Crippen LogP contribution is 2.29. The van der Waals surface area contributed by atoms with E-state index < -0.39 is 12.6 Å². The minimum Gasteiger partial charge on any atom is -0.494 e. The minimum atomic E-state index is -4.10. The molecule has 0 aliphatic heterocycles. The summed E-state index contributed by atoms with van der Waals surface area (Å²) in [5, 5.41) is 0. The summed E-state index contributed by atoms with van der Waals surface area (Å²) >= 11 is 0. The molecule has 0 radical (unpaired) electrons. The first-order valence-electron chi connectivity index (χ1n) is 8.75. The Morgan fingerprint density at radius 1 is 0.913 bits per heavy atom. The predicted molar refractivity (Wildman–Crippen MR) is 89.0 cm³/mol. The van der Waals surface area contributed by atoms with E-state index in [2.05, 4.69) is 26.0 Å². The van der Waals surface area contributed by atoms with Crippen LogP contribution in [0, 0.1) is 0 Å². The Morgan fingerprint density at radius 3 is 2.17 bits per heavy atom. The Bertz CT molecular complexity index is 412. The summed E-state index contributed by atoms with van der Waals surface area (Å²) in [5.41, 5.74) is 1.31. The fourth-order valence-corrected chi connectivity index (χ4v) is 2.77. The van der Waals surface area contributed by atoms with Crippen molar-refractivity contribution in [1.82, 2.24) is 0 Å². The summed E-state index contributed by atoms with van der Waals surface area (Å²) in [7, 11) is 0. The molecule has 23 heavy (non-hydrogen) atoms. The fourth-order valence-electron chi connectivity index (χ4n) is 2.77. The molecule has 0 aliphatic carbocycles. The minimum absolute atomic E-state index is 0.000723. The van der Waals surface area contributed by atoms with Crippen LogP contribution in [0.15, 0.2) is 24.3 Å². The van der Waals surface area contributed by atoms with Gasteiger partial charge in [-0.15, -0.1) is 0 Å². The molecular weight excluding hydrogens is 301 g/mol. The van der Waals surface area contributed by atoms with E-state index in [0.29, 0.717) is 11.7 Å². The van der Waals surface area contributed by atoms with E-state index >= 15 is 0 Å². The number of hydrogen-bond acceptors (Lipinski definition) is 1. The van der Waals surface area contributed by atoms with Gasteiger partial charge >= 0.3 is 6.18 Å². The van der Waals surface area contributed by atoms with Crippen molar-refractivity contribution >= 4 is 0 Å². The van der Waals surface area contributed by atoms with Crippen LogP contribution in [-0.2, 0) is 0 Å². The molecule has 4 heteroatoms. The van der Waals surface area contributed by atoms with Gasteiger partial charge < -0.3 is 4.74 Å². The predicted octanol–water partition coefficient (Wildman–Crippen LogP) is 6.87. The highest BCUT2D eigenvalue weighted by molar-refractivity contribution is 5.29. The molecule has 0 N–H and O–H groups in total. The van der Waals surface area contributed by atoms with Crippen LogP contribution in [0.25, 0.3) is 0 Å².